The Hall–Kier alpha value is -7.20. The van der Waals surface area contributed by atoms with Crippen LogP contribution in [0.3, 0.4) is 0 Å². The minimum absolute atomic E-state index is 0.516. The fourth-order valence-corrected chi connectivity index (χ4v) is 11.7. The molecule has 11 aromatic rings. The van der Waals surface area contributed by atoms with Crippen molar-refractivity contribution in [1.29, 1.82) is 0 Å². The third kappa shape index (κ3) is 4.16. The zero-order valence-corrected chi connectivity index (χ0v) is 32.2. The van der Waals surface area contributed by atoms with Crippen LogP contribution in [0.5, 0.6) is 0 Å². The van der Waals surface area contributed by atoms with Crippen molar-refractivity contribution < 1.29 is 0 Å². The fourth-order valence-electron chi connectivity index (χ4n) is 10.5. The Balaban J connectivity index is 1.06. The van der Waals surface area contributed by atoms with Crippen LogP contribution in [0, 0.1) is 0 Å². The molecule has 0 saturated carbocycles. The Morgan fingerprint density at radius 1 is 0.397 bits per heavy atom. The zero-order chi connectivity index (χ0) is 38.0. The van der Waals surface area contributed by atoms with Crippen molar-refractivity contribution in [1.82, 2.24) is 4.57 Å². The topological polar surface area (TPSA) is 8.17 Å². The maximum Gasteiger partial charge on any atom is 0.0755 e. The quantitative estimate of drug-likeness (QED) is 0.174. The standard InChI is InChI=1S/C55H34N2S/c1-2-14-36(15-3-1)56(37-30-28-35(29-31-37)39-20-12-22-45-43-19-7-11-27-52(43)58-54(39)45)38-32-33-51-49(34-38)55(46-23-8-4-16-40(46)41-17-5-9-24-47(41)55)48-25-13-21-44-42-18-6-10-26-50(42)57(51)53(44)48/h1-34H. The van der Waals surface area contributed by atoms with E-state index in [0.717, 1.165) is 17.1 Å². The predicted octanol–water partition coefficient (Wildman–Crippen LogP) is 15.0. The van der Waals surface area contributed by atoms with Crippen LogP contribution in [-0.2, 0) is 5.41 Å². The summed E-state index contributed by atoms with van der Waals surface area (Å²) in [6.45, 7) is 0. The second-order valence-electron chi connectivity index (χ2n) is 15.6. The molecule has 2 aliphatic rings. The van der Waals surface area contributed by atoms with Gasteiger partial charge in [-0.2, -0.15) is 0 Å². The Morgan fingerprint density at radius 2 is 0.983 bits per heavy atom. The molecule has 0 atom stereocenters. The van der Waals surface area contributed by atoms with E-state index >= 15 is 0 Å². The van der Waals surface area contributed by atoms with Crippen molar-refractivity contribution in [2.45, 2.75) is 5.41 Å². The van der Waals surface area contributed by atoms with E-state index < -0.39 is 5.41 Å². The number of anilines is 3. The monoisotopic (exact) mass is 754 g/mol. The summed E-state index contributed by atoms with van der Waals surface area (Å²) in [6.07, 6.45) is 0. The molecule has 0 N–H and O–H groups in total. The molecule has 13 rings (SSSR count). The van der Waals surface area contributed by atoms with Gasteiger partial charge in [-0.15, -0.1) is 11.3 Å². The average Bonchev–Trinajstić information content (AvgIpc) is 3.94. The molecule has 2 nitrogen and oxygen atoms in total. The highest BCUT2D eigenvalue weighted by atomic mass is 32.1. The highest BCUT2D eigenvalue weighted by Crippen LogP contribution is 2.61. The van der Waals surface area contributed by atoms with Gasteiger partial charge < -0.3 is 9.47 Å². The molecular formula is C55H34N2S. The molecule has 9 aromatic carbocycles. The van der Waals surface area contributed by atoms with Gasteiger partial charge in [-0.05, 0) is 99.1 Å². The van der Waals surface area contributed by atoms with E-state index in [2.05, 4.69) is 216 Å². The molecule has 0 unspecified atom stereocenters. The van der Waals surface area contributed by atoms with E-state index in [1.165, 1.54) is 92.2 Å². The van der Waals surface area contributed by atoms with E-state index in [1.54, 1.807) is 0 Å². The first-order chi connectivity index (χ1) is 28.8. The summed E-state index contributed by atoms with van der Waals surface area (Å²) >= 11 is 1.88. The lowest BCUT2D eigenvalue weighted by molar-refractivity contribution is 0.748. The number of nitrogens with zero attached hydrogens (tertiary/aromatic N) is 2. The highest BCUT2D eigenvalue weighted by molar-refractivity contribution is 7.26. The van der Waals surface area contributed by atoms with Gasteiger partial charge in [-0.1, -0.05) is 152 Å². The number of rotatable bonds is 4. The molecule has 1 spiro atoms. The van der Waals surface area contributed by atoms with Crippen molar-refractivity contribution in [3.63, 3.8) is 0 Å². The van der Waals surface area contributed by atoms with Crippen LogP contribution in [-0.4, -0.2) is 4.57 Å². The minimum Gasteiger partial charge on any atom is -0.310 e. The van der Waals surface area contributed by atoms with Crippen LogP contribution in [0.25, 0.3) is 69.9 Å². The number of aromatic nitrogens is 1. The summed E-state index contributed by atoms with van der Waals surface area (Å²) in [4.78, 5) is 2.43. The molecule has 270 valence electrons. The van der Waals surface area contributed by atoms with Gasteiger partial charge in [0, 0.05) is 48.0 Å². The van der Waals surface area contributed by atoms with E-state index in [0.29, 0.717) is 0 Å². The van der Waals surface area contributed by atoms with Gasteiger partial charge >= 0.3 is 0 Å². The molecule has 2 aromatic heterocycles. The Morgan fingerprint density at radius 3 is 1.79 bits per heavy atom. The second kappa shape index (κ2) is 11.9. The summed E-state index contributed by atoms with van der Waals surface area (Å²) in [6, 6.07) is 76.7. The molecule has 3 heteroatoms. The highest BCUT2D eigenvalue weighted by Gasteiger charge is 2.51. The van der Waals surface area contributed by atoms with Gasteiger partial charge in [-0.3, -0.25) is 0 Å². The Bertz CT molecular complexity index is 3420. The average molecular weight is 755 g/mol. The van der Waals surface area contributed by atoms with Crippen molar-refractivity contribution in [2.75, 3.05) is 4.90 Å². The fraction of sp³-hybridized carbons (Fsp3) is 0.0182. The molecule has 1 aliphatic heterocycles. The normalized spacial score (nSPS) is 13.3. The number of benzene rings is 9. The third-order valence-electron chi connectivity index (χ3n) is 12.8. The van der Waals surface area contributed by atoms with Gasteiger partial charge in [0.15, 0.2) is 0 Å². The lowest BCUT2D eigenvalue weighted by Gasteiger charge is -2.40. The maximum atomic E-state index is 2.53. The van der Waals surface area contributed by atoms with Crippen molar-refractivity contribution in [2.24, 2.45) is 0 Å². The van der Waals surface area contributed by atoms with E-state index in [4.69, 9.17) is 0 Å². The van der Waals surface area contributed by atoms with Gasteiger partial charge in [0.2, 0.25) is 0 Å². The van der Waals surface area contributed by atoms with Crippen LogP contribution in [0.1, 0.15) is 22.3 Å². The lowest BCUT2D eigenvalue weighted by Crippen LogP contribution is -2.33. The summed E-state index contributed by atoms with van der Waals surface area (Å²) in [5, 5.41) is 5.22. The molecule has 0 bridgehead atoms. The first-order valence-corrected chi connectivity index (χ1v) is 20.8. The molecule has 0 amide bonds. The molecule has 1 aliphatic carbocycles. The predicted molar refractivity (Wildman–Crippen MR) is 245 cm³/mol. The third-order valence-corrected chi connectivity index (χ3v) is 14.0. The first kappa shape index (κ1) is 31.9. The van der Waals surface area contributed by atoms with Crippen molar-refractivity contribution >= 4 is 70.4 Å². The number of thiophene rings is 1. The summed E-state index contributed by atoms with van der Waals surface area (Å²) < 4.78 is 5.19. The Labute approximate surface area is 340 Å². The maximum absolute atomic E-state index is 2.53. The van der Waals surface area contributed by atoms with Gasteiger partial charge in [0.25, 0.3) is 0 Å². The van der Waals surface area contributed by atoms with Gasteiger partial charge in [0.1, 0.15) is 0 Å². The number of fused-ring (bicyclic) bond motifs is 15. The molecule has 0 radical (unpaired) electrons. The molecule has 0 saturated heterocycles. The van der Waals surface area contributed by atoms with Crippen LogP contribution in [0.4, 0.5) is 17.1 Å². The molecular weight excluding hydrogens is 721 g/mol. The molecule has 58 heavy (non-hydrogen) atoms. The van der Waals surface area contributed by atoms with Gasteiger partial charge in [0.05, 0.1) is 22.1 Å². The smallest absolute Gasteiger partial charge is 0.0755 e. The van der Waals surface area contributed by atoms with Crippen molar-refractivity contribution in [3.05, 3.63) is 229 Å². The van der Waals surface area contributed by atoms with Crippen LogP contribution < -0.4 is 4.90 Å². The minimum atomic E-state index is -0.516. The second-order valence-corrected chi connectivity index (χ2v) is 16.6. The summed E-state index contributed by atoms with van der Waals surface area (Å²) in [5.41, 5.74) is 17.0. The molecule has 3 heterocycles. The SMILES string of the molecule is c1ccc(N(c2ccc(-c3cccc4c3sc3ccccc34)cc2)c2ccc3c(c2)C2(c4ccccc4-c4ccccc42)c2cccc4c5ccccc5n-3c24)cc1. The number of para-hydroxylation sites is 3. The van der Waals surface area contributed by atoms with E-state index in [-0.39, 0.29) is 0 Å². The van der Waals surface area contributed by atoms with E-state index in [9.17, 15) is 0 Å². The van der Waals surface area contributed by atoms with Crippen LogP contribution in [0.15, 0.2) is 206 Å². The number of hydrogen-bond donors (Lipinski definition) is 0. The van der Waals surface area contributed by atoms with Crippen molar-refractivity contribution in [3.8, 4) is 27.9 Å². The summed E-state index contributed by atoms with van der Waals surface area (Å²) in [5.74, 6) is 0. The Kier molecular flexibility index (Phi) is 6.56. The zero-order valence-electron chi connectivity index (χ0n) is 31.4. The molecule has 0 fully saturated rings. The van der Waals surface area contributed by atoms with Gasteiger partial charge in [-0.25, -0.2) is 0 Å². The lowest BCUT2D eigenvalue weighted by atomic mass is 9.65. The first-order valence-electron chi connectivity index (χ1n) is 20.0. The summed E-state index contributed by atoms with van der Waals surface area (Å²) in [7, 11) is 0. The van der Waals surface area contributed by atoms with Crippen LogP contribution >= 0.6 is 11.3 Å². The number of hydrogen-bond acceptors (Lipinski definition) is 2. The van der Waals surface area contributed by atoms with Crippen LogP contribution in [0.2, 0.25) is 0 Å². The van der Waals surface area contributed by atoms with E-state index in [1.807, 2.05) is 11.3 Å². The largest absolute Gasteiger partial charge is 0.310 e.